The summed E-state index contributed by atoms with van der Waals surface area (Å²) in [6.07, 6.45) is 0.948. The number of rotatable bonds is 2. The Morgan fingerprint density at radius 3 is 2.87 bits per heavy atom. The van der Waals surface area contributed by atoms with Crippen LogP contribution in [0.1, 0.15) is 11.3 Å². The molecule has 0 amide bonds. The molecule has 3 heteroatoms. The zero-order chi connectivity index (χ0) is 10.1. The Balaban J connectivity index is 1.93. The van der Waals surface area contributed by atoms with Crippen molar-refractivity contribution in [2.75, 3.05) is 0 Å². The van der Waals surface area contributed by atoms with Crippen LogP contribution in [0.15, 0.2) is 41.9 Å². The average molecular weight is 214 g/mol. The van der Waals surface area contributed by atoms with Crippen LogP contribution < -0.4 is 0 Å². The summed E-state index contributed by atoms with van der Waals surface area (Å²) in [4.78, 5) is 7.57. The van der Waals surface area contributed by atoms with E-state index in [1.165, 1.54) is 16.0 Å². The highest BCUT2D eigenvalue weighted by Gasteiger charge is 2.03. The van der Waals surface area contributed by atoms with Crippen LogP contribution in [0.2, 0.25) is 0 Å². The fourth-order valence-electron chi connectivity index (χ4n) is 1.71. The molecule has 0 atom stereocenters. The predicted molar refractivity (Wildman–Crippen MR) is 63.2 cm³/mol. The quantitative estimate of drug-likeness (QED) is 0.697. The lowest BCUT2D eigenvalue weighted by atomic mass is 10.1. The zero-order valence-corrected chi connectivity index (χ0v) is 8.92. The summed E-state index contributed by atoms with van der Waals surface area (Å²) in [6.45, 7) is 0. The third kappa shape index (κ3) is 1.66. The van der Waals surface area contributed by atoms with Crippen LogP contribution in [-0.4, -0.2) is 9.97 Å². The van der Waals surface area contributed by atoms with Crippen molar-refractivity contribution in [2.24, 2.45) is 0 Å². The Morgan fingerprint density at radius 2 is 2.07 bits per heavy atom. The van der Waals surface area contributed by atoms with Gasteiger partial charge in [0.25, 0.3) is 0 Å². The van der Waals surface area contributed by atoms with Crippen LogP contribution >= 0.6 is 11.3 Å². The molecule has 3 rings (SSSR count). The summed E-state index contributed by atoms with van der Waals surface area (Å²) >= 11 is 1.68. The van der Waals surface area contributed by atoms with E-state index in [0.29, 0.717) is 0 Å². The lowest BCUT2D eigenvalue weighted by Gasteiger charge is -1.97. The smallest absolute Gasteiger partial charge is 0.148 e. The van der Waals surface area contributed by atoms with Gasteiger partial charge in [0.2, 0.25) is 0 Å². The first-order valence-corrected chi connectivity index (χ1v) is 5.75. The van der Waals surface area contributed by atoms with E-state index in [4.69, 9.17) is 0 Å². The van der Waals surface area contributed by atoms with Gasteiger partial charge in [-0.15, -0.1) is 11.3 Å². The summed E-state index contributed by atoms with van der Waals surface area (Å²) in [5, 5.41) is 0. The molecule has 0 saturated heterocycles. The van der Waals surface area contributed by atoms with Crippen LogP contribution in [0, 0.1) is 0 Å². The summed E-state index contributed by atoms with van der Waals surface area (Å²) in [6, 6.07) is 12.6. The average Bonchev–Trinajstić information content (AvgIpc) is 2.79. The van der Waals surface area contributed by atoms with Crippen LogP contribution in [0.4, 0.5) is 0 Å². The highest BCUT2D eigenvalue weighted by molar-refractivity contribution is 7.16. The lowest BCUT2D eigenvalue weighted by Crippen LogP contribution is -1.86. The molecule has 0 aliphatic heterocycles. The SMILES string of the molecule is c1ccc(Cc2cc3scnc3[nH]2)cc1. The highest BCUT2D eigenvalue weighted by Crippen LogP contribution is 2.20. The molecular formula is C12H10N2S. The number of hydrogen-bond acceptors (Lipinski definition) is 2. The van der Waals surface area contributed by atoms with Crippen molar-refractivity contribution < 1.29 is 0 Å². The van der Waals surface area contributed by atoms with Crippen molar-refractivity contribution in [3.63, 3.8) is 0 Å². The molecule has 2 heterocycles. The van der Waals surface area contributed by atoms with Gasteiger partial charge in [0.15, 0.2) is 0 Å². The number of fused-ring (bicyclic) bond motifs is 1. The lowest BCUT2D eigenvalue weighted by molar-refractivity contribution is 1.11. The molecule has 0 aliphatic carbocycles. The standard InChI is InChI=1S/C12H10N2S/c1-2-4-9(5-3-1)6-10-7-11-12(14-10)13-8-15-11/h1-5,7-8,14H,6H2. The summed E-state index contributed by atoms with van der Waals surface area (Å²) in [5.74, 6) is 0. The Kier molecular flexibility index (Phi) is 2.03. The largest absolute Gasteiger partial charge is 0.342 e. The zero-order valence-electron chi connectivity index (χ0n) is 8.10. The van der Waals surface area contributed by atoms with Crippen LogP contribution in [0.25, 0.3) is 10.3 Å². The molecule has 0 radical (unpaired) electrons. The van der Waals surface area contributed by atoms with Gasteiger partial charge < -0.3 is 4.98 Å². The molecular weight excluding hydrogens is 204 g/mol. The highest BCUT2D eigenvalue weighted by atomic mass is 32.1. The minimum absolute atomic E-state index is 0.948. The second-order valence-electron chi connectivity index (χ2n) is 3.52. The van der Waals surface area contributed by atoms with Gasteiger partial charge in [-0.05, 0) is 11.6 Å². The van der Waals surface area contributed by atoms with E-state index in [0.717, 1.165) is 12.1 Å². The van der Waals surface area contributed by atoms with E-state index in [1.54, 1.807) is 11.3 Å². The van der Waals surface area contributed by atoms with E-state index < -0.39 is 0 Å². The van der Waals surface area contributed by atoms with Gasteiger partial charge in [0.05, 0.1) is 10.2 Å². The van der Waals surface area contributed by atoms with Crippen molar-refractivity contribution in [3.05, 3.63) is 53.2 Å². The van der Waals surface area contributed by atoms with E-state index in [2.05, 4.69) is 40.3 Å². The fraction of sp³-hybridized carbons (Fsp3) is 0.0833. The van der Waals surface area contributed by atoms with E-state index in [9.17, 15) is 0 Å². The topological polar surface area (TPSA) is 28.7 Å². The van der Waals surface area contributed by atoms with Gasteiger partial charge in [-0.2, -0.15) is 0 Å². The molecule has 2 nitrogen and oxygen atoms in total. The number of nitrogens with zero attached hydrogens (tertiary/aromatic N) is 1. The van der Waals surface area contributed by atoms with Crippen molar-refractivity contribution in [3.8, 4) is 0 Å². The Hall–Kier alpha value is -1.61. The fourth-order valence-corrected chi connectivity index (χ4v) is 2.41. The van der Waals surface area contributed by atoms with E-state index in [-0.39, 0.29) is 0 Å². The first kappa shape index (κ1) is 8.68. The van der Waals surface area contributed by atoms with Crippen LogP contribution in [0.3, 0.4) is 0 Å². The molecule has 0 saturated carbocycles. The number of thiazole rings is 1. The van der Waals surface area contributed by atoms with E-state index >= 15 is 0 Å². The maximum absolute atomic E-state index is 4.24. The molecule has 0 spiro atoms. The maximum Gasteiger partial charge on any atom is 0.148 e. The molecule has 0 fully saturated rings. The van der Waals surface area contributed by atoms with Gasteiger partial charge in [-0.1, -0.05) is 30.3 Å². The summed E-state index contributed by atoms with van der Waals surface area (Å²) < 4.78 is 1.24. The third-order valence-electron chi connectivity index (χ3n) is 2.42. The number of hydrogen-bond donors (Lipinski definition) is 1. The molecule has 1 aromatic carbocycles. The van der Waals surface area contributed by atoms with Gasteiger partial charge in [0, 0.05) is 12.1 Å². The molecule has 1 N–H and O–H groups in total. The predicted octanol–water partition coefficient (Wildman–Crippen LogP) is 3.22. The number of aromatic amines is 1. The van der Waals surface area contributed by atoms with Crippen LogP contribution in [0.5, 0.6) is 0 Å². The van der Waals surface area contributed by atoms with Gasteiger partial charge in [-0.25, -0.2) is 4.98 Å². The van der Waals surface area contributed by atoms with Crippen molar-refractivity contribution >= 4 is 21.7 Å². The monoisotopic (exact) mass is 214 g/mol. The Morgan fingerprint density at radius 1 is 1.20 bits per heavy atom. The molecule has 2 aromatic heterocycles. The Bertz CT molecular complexity index is 537. The first-order valence-electron chi connectivity index (χ1n) is 4.87. The summed E-state index contributed by atoms with van der Waals surface area (Å²) in [7, 11) is 0. The van der Waals surface area contributed by atoms with Gasteiger partial charge >= 0.3 is 0 Å². The van der Waals surface area contributed by atoms with Gasteiger partial charge in [-0.3, -0.25) is 0 Å². The molecule has 3 aromatic rings. The minimum Gasteiger partial charge on any atom is -0.342 e. The summed E-state index contributed by atoms with van der Waals surface area (Å²) in [5.41, 5.74) is 5.43. The normalized spacial score (nSPS) is 10.9. The van der Waals surface area contributed by atoms with Gasteiger partial charge in [0.1, 0.15) is 5.65 Å². The third-order valence-corrected chi connectivity index (χ3v) is 3.19. The molecule has 15 heavy (non-hydrogen) atoms. The second kappa shape index (κ2) is 3.51. The molecule has 0 bridgehead atoms. The minimum atomic E-state index is 0.948. The number of nitrogens with one attached hydrogen (secondary N) is 1. The second-order valence-corrected chi connectivity index (χ2v) is 4.41. The van der Waals surface area contributed by atoms with Crippen LogP contribution in [-0.2, 0) is 6.42 Å². The number of H-pyrrole nitrogens is 1. The number of benzene rings is 1. The molecule has 0 aliphatic rings. The Labute approximate surface area is 91.6 Å². The molecule has 0 unspecified atom stereocenters. The van der Waals surface area contributed by atoms with Crippen molar-refractivity contribution in [1.29, 1.82) is 0 Å². The van der Waals surface area contributed by atoms with E-state index in [1.807, 2.05) is 11.6 Å². The first-order chi connectivity index (χ1) is 7.42. The number of aromatic nitrogens is 2. The van der Waals surface area contributed by atoms with Crippen molar-refractivity contribution in [2.45, 2.75) is 6.42 Å². The molecule has 74 valence electrons. The van der Waals surface area contributed by atoms with Crippen molar-refractivity contribution in [1.82, 2.24) is 9.97 Å². The maximum atomic E-state index is 4.24.